The Kier molecular flexibility index (Phi) is 5.60. The maximum Gasteiger partial charge on any atom is 0.111 e. The van der Waals surface area contributed by atoms with Crippen molar-refractivity contribution in [3.63, 3.8) is 0 Å². The highest BCUT2D eigenvalue weighted by molar-refractivity contribution is 5.81. The molecule has 1 aliphatic carbocycles. The van der Waals surface area contributed by atoms with Gasteiger partial charge in [0.1, 0.15) is 5.84 Å². The van der Waals surface area contributed by atoms with Crippen molar-refractivity contribution in [2.24, 2.45) is 10.8 Å². The highest BCUT2D eigenvalue weighted by Crippen LogP contribution is 2.19. The number of amidine groups is 1. The molecule has 0 aromatic rings. The van der Waals surface area contributed by atoms with E-state index in [1.54, 1.807) is 0 Å². The average molecular weight is 197 g/mol. The molecule has 3 nitrogen and oxygen atoms in total. The van der Waals surface area contributed by atoms with Gasteiger partial charge in [-0.25, -0.2) is 5.84 Å². The number of rotatable bonds is 3. The van der Waals surface area contributed by atoms with Crippen LogP contribution in [0.2, 0.25) is 0 Å². The monoisotopic (exact) mass is 197 g/mol. The molecular weight excluding hydrogens is 174 g/mol. The van der Waals surface area contributed by atoms with Crippen LogP contribution in [0.4, 0.5) is 0 Å². The van der Waals surface area contributed by atoms with E-state index in [2.05, 4.69) is 17.3 Å². The Labute approximate surface area is 87.1 Å². The molecule has 0 atom stereocenters. The molecule has 3 heteroatoms. The average Bonchev–Trinajstić information content (AvgIpc) is 2.45. The highest BCUT2D eigenvalue weighted by atomic mass is 15.2. The smallest absolute Gasteiger partial charge is 0.111 e. The summed E-state index contributed by atoms with van der Waals surface area (Å²) >= 11 is 0. The second-order valence-corrected chi connectivity index (χ2v) is 4.12. The van der Waals surface area contributed by atoms with Gasteiger partial charge in [0.2, 0.25) is 0 Å². The van der Waals surface area contributed by atoms with Crippen molar-refractivity contribution in [2.45, 2.75) is 64.3 Å². The largest absolute Gasteiger partial charge is 0.312 e. The quantitative estimate of drug-likeness (QED) is 0.240. The Bertz CT molecular complexity index is 169. The molecule has 14 heavy (non-hydrogen) atoms. The van der Waals surface area contributed by atoms with Gasteiger partial charge in [-0.05, 0) is 19.3 Å². The minimum absolute atomic E-state index is 0.523. The van der Waals surface area contributed by atoms with Gasteiger partial charge in [0.05, 0.1) is 6.04 Å². The molecule has 0 saturated heterocycles. The molecule has 0 aromatic carbocycles. The summed E-state index contributed by atoms with van der Waals surface area (Å²) in [6.07, 6.45) is 10.00. The van der Waals surface area contributed by atoms with Gasteiger partial charge in [0.25, 0.3) is 0 Å². The van der Waals surface area contributed by atoms with Crippen molar-refractivity contribution in [2.75, 3.05) is 0 Å². The van der Waals surface area contributed by atoms with Crippen molar-refractivity contribution in [3.05, 3.63) is 0 Å². The minimum atomic E-state index is 0.523. The fraction of sp³-hybridized carbons (Fsp3) is 0.909. The number of hydrogen-bond donors (Lipinski definition) is 2. The molecule has 3 N–H and O–H groups in total. The molecule has 1 saturated carbocycles. The lowest BCUT2D eigenvalue weighted by Gasteiger charge is -2.11. The molecule has 1 rings (SSSR count). The van der Waals surface area contributed by atoms with Gasteiger partial charge in [-0.2, -0.15) is 0 Å². The molecule has 0 heterocycles. The zero-order valence-electron chi connectivity index (χ0n) is 9.26. The summed E-state index contributed by atoms with van der Waals surface area (Å²) < 4.78 is 0. The molecule has 0 amide bonds. The van der Waals surface area contributed by atoms with E-state index in [1.165, 1.54) is 38.5 Å². The lowest BCUT2D eigenvalue weighted by molar-refractivity contribution is 0.580. The van der Waals surface area contributed by atoms with E-state index in [0.717, 1.165) is 18.7 Å². The number of hydrazine groups is 1. The van der Waals surface area contributed by atoms with E-state index >= 15 is 0 Å². The Hall–Kier alpha value is -0.570. The van der Waals surface area contributed by atoms with E-state index in [-0.39, 0.29) is 0 Å². The van der Waals surface area contributed by atoms with Gasteiger partial charge in [0.15, 0.2) is 0 Å². The van der Waals surface area contributed by atoms with Crippen LogP contribution in [-0.4, -0.2) is 11.9 Å². The van der Waals surface area contributed by atoms with Crippen molar-refractivity contribution >= 4 is 5.84 Å². The van der Waals surface area contributed by atoms with Gasteiger partial charge < -0.3 is 5.43 Å². The van der Waals surface area contributed by atoms with Crippen LogP contribution in [0.15, 0.2) is 4.99 Å². The summed E-state index contributed by atoms with van der Waals surface area (Å²) in [5, 5.41) is 0. The Morgan fingerprint density at radius 3 is 2.43 bits per heavy atom. The van der Waals surface area contributed by atoms with E-state index in [9.17, 15) is 0 Å². The second-order valence-electron chi connectivity index (χ2n) is 4.12. The molecule has 0 aliphatic heterocycles. The van der Waals surface area contributed by atoms with Gasteiger partial charge in [-0.1, -0.05) is 32.6 Å². The Morgan fingerprint density at radius 2 is 1.93 bits per heavy atom. The fourth-order valence-corrected chi connectivity index (χ4v) is 2.02. The SMILES string of the molecule is CCCC(=NC1CCCCCC1)NN. The summed E-state index contributed by atoms with van der Waals surface area (Å²) in [4.78, 5) is 4.68. The van der Waals surface area contributed by atoms with Crippen molar-refractivity contribution in [1.82, 2.24) is 5.43 Å². The van der Waals surface area contributed by atoms with Crippen LogP contribution in [0, 0.1) is 0 Å². The molecule has 1 fully saturated rings. The van der Waals surface area contributed by atoms with Crippen LogP contribution in [0.1, 0.15) is 58.3 Å². The van der Waals surface area contributed by atoms with Crippen molar-refractivity contribution < 1.29 is 0 Å². The van der Waals surface area contributed by atoms with Crippen LogP contribution in [0.3, 0.4) is 0 Å². The number of nitrogens with zero attached hydrogens (tertiary/aromatic N) is 1. The predicted molar refractivity (Wildman–Crippen MR) is 61.2 cm³/mol. The fourth-order valence-electron chi connectivity index (χ4n) is 2.02. The number of hydrogen-bond acceptors (Lipinski definition) is 2. The van der Waals surface area contributed by atoms with E-state index in [1.807, 2.05) is 0 Å². The van der Waals surface area contributed by atoms with Gasteiger partial charge >= 0.3 is 0 Å². The molecule has 0 radical (unpaired) electrons. The molecule has 1 aliphatic rings. The highest BCUT2D eigenvalue weighted by Gasteiger charge is 2.11. The number of aliphatic imine (C=N–C) groups is 1. The van der Waals surface area contributed by atoms with E-state index in [4.69, 9.17) is 5.84 Å². The van der Waals surface area contributed by atoms with Crippen LogP contribution < -0.4 is 11.3 Å². The summed E-state index contributed by atoms with van der Waals surface area (Å²) in [7, 11) is 0. The van der Waals surface area contributed by atoms with Crippen LogP contribution in [0.25, 0.3) is 0 Å². The summed E-state index contributed by atoms with van der Waals surface area (Å²) in [6, 6.07) is 0.523. The molecule has 0 unspecified atom stereocenters. The lowest BCUT2D eigenvalue weighted by atomic mass is 10.1. The first-order valence-corrected chi connectivity index (χ1v) is 5.90. The lowest BCUT2D eigenvalue weighted by Crippen LogP contribution is -2.31. The van der Waals surface area contributed by atoms with Gasteiger partial charge in [-0.3, -0.25) is 4.99 Å². The Balaban J connectivity index is 2.43. The van der Waals surface area contributed by atoms with Crippen LogP contribution in [-0.2, 0) is 0 Å². The first-order valence-electron chi connectivity index (χ1n) is 5.90. The summed E-state index contributed by atoms with van der Waals surface area (Å²) in [5.41, 5.74) is 2.72. The van der Waals surface area contributed by atoms with Gasteiger partial charge in [-0.15, -0.1) is 0 Å². The third-order valence-electron chi connectivity index (χ3n) is 2.82. The molecule has 0 bridgehead atoms. The topological polar surface area (TPSA) is 50.4 Å². The van der Waals surface area contributed by atoms with E-state index < -0.39 is 0 Å². The van der Waals surface area contributed by atoms with Crippen LogP contribution >= 0.6 is 0 Å². The molecule has 0 spiro atoms. The first kappa shape index (κ1) is 11.5. The molecule has 82 valence electrons. The zero-order valence-corrected chi connectivity index (χ0v) is 9.26. The Morgan fingerprint density at radius 1 is 1.29 bits per heavy atom. The summed E-state index contributed by atoms with van der Waals surface area (Å²) in [6.45, 7) is 2.15. The van der Waals surface area contributed by atoms with Crippen LogP contribution in [0.5, 0.6) is 0 Å². The third kappa shape index (κ3) is 4.09. The first-order chi connectivity index (χ1) is 6.86. The predicted octanol–water partition coefficient (Wildman–Crippen LogP) is 2.37. The van der Waals surface area contributed by atoms with E-state index in [0.29, 0.717) is 6.04 Å². The summed E-state index contributed by atoms with van der Waals surface area (Å²) in [5.74, 6) is 6.42. The van der Waals surface area contributed by atoms with Gasteiger partial charge in [0, 0.05) is 6.42 Å². The van der Waals surface area contributed by atoms with Crippen molar-refractivity contribution in [1.29, 1.82) is 0 Å². The maximum absolute atomic E-state index is 5.43. The number of nitrogens with one attached hydrogen (secondary N) is 1. The molecular formula is C11H23N3. The second kappa shape index (κ2) is 6.82. The maximum atomic E-state index is 5.43. The minimum Gasteiger partial charge on any atom is -0.312 e. The standard InChI is InChI=1S/C11H23N3/c1-2-7-11(14-12)13-10-8-5-3-4-6-9-10/h10H,2-9,12H2,1H3,(H,13,14). The normalized spacial score (nSPS) is 20.6. The van der Waals surface area contributed by atoms with Crippen molar-refractivity contribution in [3.8, 4) is 0 Å². The zero-order chi connectivity index (χ0) is 10.2. The molecule has 0 aromatic heterocycles. The third-order valence-corrected chi connectivity index (χ3v) is 2.82. The number of nitrogens with two attached hydrogens (primary N) is 1.